The van der Waals surface area contributed by atoms with Crippen molar-refractivity contribution in [2.24, 2.45) is 4.99 Å². The molecule has 2 heterocycles. The van der Waals surface area contributed by atoms with Gasteiger partial charge in [-0.3, -0.25) is 0 Å². The molecule has 0 bridgehead atoms. The van der Waals surface area contributed by atoms with Crippen LogP contribution in [0.5, 0.6) is 0 Å². The molecule has 1 aliphatic heterocycles. The number of hydrogen-bond donors (Lipinski definition) is 2. The van der Waals surface area contributed by atoms with Gasteiger partial charge in [0, 0.05) is 31.7 Å². The molecule has 1 aromatic rings. The Labute approximate surface area is 156 Å². The minimum atomic E-state index is -5.27. The SMILES string of the molecule is CCNC(=NCc1cc(CC)no1)NC1CCN(S(=O)(=O)C(F)(F)F)CC1. The molecule has 0 aliphatic carbocycles. The maximum atomic E-state index is 12.6. The molecule has 1 fully saturated rings. The Hall–Kier alpha value is -1.82. The molecule has 2 N–H and O–H groups in total. The smallest absolute Gasteiger partial charge is 0.359 e. The zero-order chi connectivity index (χ0) is 20.1. The molecule has 8 nitrogen and oxygen atoms in total. The summed E-state index contributed by atoms with van der Waals surface area (Å²) in [4.78, 5) is 4.38. The molecular formula is C15H24F3N5O3S. The molecule has 0 spiro atoms. The van der Waals surface area contributed by atoms with Gasteiger partial charge in [-0.15, -0.1) is 0 Å². The fourth-order valence-corrected chi connectivity index (χ4v) is 3.64. The van der Waals surface area contributed by atoms with E-state index in [-0.39, 0.29) is 38.5 Å². The van der Waals surface area contributed by atoms with Crippen LogP contribution in [0, 0.1) is 0 Å². The van der Waals surface area contributed by atoms with Crippen LogP contribution in [-0.4, -0.2) is 55.0 Å². The molecule has 1 aliphatic rings. The van der Waals surface area contributed by atoms with E-state index in [1.54, 1.807) is 0 Å². The van der Waals surface area contributed by atoms with Crippen LogP contribution in [0.15, 0.2) is 15.6 Å². The molecule has 0 atom stereocenters. The van der Waals surface area contributed by atoms with E-state index in [0.29, 0.717) is 22.6 Å². The molecule has 0 radical (unpaired) electrons. The predicted octanol–water partition coefficient (Wildman–Crippen LogP) is 1.61. The summed E-state index contributed by atoms with van der Waals surface area (Å²) >= 11 is 0. The van der Waals surface area contributed by atoms with Gasteiger partial charge in [0.25, 0.3) is 0 Å². The lowest BCUT2D eigenvalue weighted by Gasteiger charge is -2.32. The Morgan fingerprint density at radius 1 is 1.37 bits per heavy atom. The van der Waals surface area contributed by atoms with Crippen LogP contribution in [0.1, 0.15) is 38.1 Å². The predicted molar refractivity (Wildman–Crippen MR) is 93.4 cm³/mol. The molecule has 154 valence electrons. The van der Waals surface area contributed by atoms with Crippen molar-refractivity contribution >= 4 is 16.0 Å². The summed E-state index contributed by atoms with van der Waals surface area (Å²) in [5.41, 5.74) is -4.44. The van der Waals surface area contributed by atoms with Crippen molar-refractivity contribution in [3.8, 4) is 0 Å². The lowest BCUT2D eigenvalue weighted by atomic mass is 10.1. The third-order valence-electron chi connectivity index (χ3n) is 4.13. The molecular weight excluding hydrogens is 387 g/mol. The van der Waals surface area contributed by atoms with Crippen molar-refractivity contribution < 1.29 is 26.1 Å². The summed E-state index contributed by atoms with van der Waals surface area (Å²) in [6, 6.07) is 1.64. The van der Waals surface area contributed by atoms with Gasteiger partial charge in [-0.2, -0.15) is 17.5 Å². The van der Waals surface area contributed by atoms with Crippen LogP contribution >= 0.6 is 0 Å². The topological polar surface area (TPSA) is 99.8 Å². The Balaban J connectivity index is 1.93. The second-order valence-electron chi connectivity index (χ2n) is 6.10. The summed E-state index contributed by atoms with van der Waals surface area (Å²) in [7, 11) is -5.27. The molecule has 12 heteroatoms. The number of piperidine rings is 1. The zero-order valence-electron chi connectivity index (χ0n) is 15.2. The fraction of sp³-hybridized carbons (Fsp3) is 0.733. The molecule has 1 saturated heterocycles. The van der Waals surface area contributed by atoms with Crippen LogP contribution < -0.4 is 10.6 Å². The number of aliphatic imine (C=N–C) groups is 1. The van der Waals surface area contributed by atoms with Gasteiger partial charge in [0.2, 0.25) is 0 Å². The van der Waals surface area contributed by atoms with Crippen molar-refractivity contribution in [3.63, 3.8) is 0 Å². The first-order chi connectivity index (χ1) is 12.7. The first-order valence-electron chi connectivity index (χ1n) is 8.73. The Bertz CT molecular complexity index is 740. The maximum Gasteiger partial charge on any atom is 0.511 e. The first kappa shape index (κ1) is 21.5. The van der Waals surface area contributed by atoms with E-state index in [1.807, 2.05) is 19.9 Å². The highest BCUT2D eigenvalue weighted by molar-refractivity contribution is 7.90. The number of guanidine groups is 1. The summed E-state index contributed by atoms with van der Waals surface area (Å²) < 4.78 is 66.4. The average Bonchev–Trinajstić information content (AvgIpc) is 3.07. The zero-order valence-corrected chi connectivity index (χ0v) is 16.0. The number of halogens is 3. The van der Waals surface area contributed by atoms with Gasteiger partial charge in [-0.1, -0.05) is 12.1 Å². The third-order valence-corrected chi connectivity index (χ3v) is 5.76. The minimum absolute atomic E-state index is 0.177. The summed E-state index contributed by atoms with van der Waals surface area (Å²) in [6.45, 7) is 4.33. The van der Waals surface area contributed by atoms with Crippen molar-refractivity contribution in [3.05, 3.63) is 17.5 Å². The van der Waals surface area contributed by atoms with Gasteiger partial charge < -0.3 is 15.2 Å². The minimum Gasteiger partial charge on any atom is -0.359 e. The molecule has 0 saturated carbocycles. The highest BCUT2D eigenvalue weighted by Gasteiger charge is 2.50. The number of aromatic nitrogens is 1. The van der Waals surface area contributed by atoms with Crippen molar-refractivity contribution in [1.29, 1.82) is 0 Å². The van der Waals surface area contributed by atoms with E-state index in [2.05, 4.69) is 20.8 Å². The highest BCUT2D eigenvalue weighted by Crippen LogP contribution is 2.28. The average molecular weight is 411 g/mol. The lowest BCUT2D eigenvalue weighted by Crippen LogP contribution is -2.51. The fourth-order valence-electron chi connectivity index (χ4n) is 2.65. The molecule has 0 aromatic carbocycles. The van der Waals surface area contributed by atoms with Crippen LogP contribution in [0.3, 0.4) is 0 Å². The number of alkyl halides is 3. The lowest BCUT2D eigenvalue weighted by molar-refractivity contribution is -0.0494. The van der Waals surface area contributed by atoms with Crippen LogP contribution in [0.25, 0.3) is 0 Å². The van der Waals surface area contributed by atoms with E-state index >= 15 is 0 Å². The number of sulfonamides is 1. The van der Waals surface area contributed by atoms with Crippen LogP contribution in [0.4, 0.5) is 13.2 Å². The second kappa shape index (κ2) is 8.91. The summed E-state index contributed by atoms with van der Waals surface area (Å²) in [5.74, 6) is 1.10. The normalized spacial score (nSPS) is 17.9. The van der Waals surface area contributed by atoms with E-state index in [0.717, 1.165) is 12.1 Å². The Morgan fingerprint density at radius 3 is 2.56 bits per heavy atom. The first-order valence-corrected chi connectivity index (χ1v) is 10.2. The summed E-state index contributed by atoms with van der Waals surface area (Å²) in [5, 5.41) is 10.1. The largest absolute Gasteiger partial charge is 0.511 e. The number of rotatable bonds is 6. The van der Waals surface area contributed by atoms with Gasteiger partial charge in [0.05, 0.1) is 5.69 Å². The molecule has 27 heavy (non-hydrogen) atoms. The van der Waals surface area contributed by atoms with E-state index in [1.165, 1.54) is 0 Å². The number of nitrogens with one attached hydrogen (secondary N) is 2. The quantitative estimate of drug-likeness (QED) is 0.545. The maximum absolute atomic E-state index is 12.6. The number of nitrogens with zero attached hydrogens (tertiary/aromatic N) is 3. The van der Waals surface area contributed by atoms with Gasteiger partial charge >= 0.3 is 15.5 Å². The van der Waals surface area contributed by atoms with E-state index in [9.17, 15) is 21.6 Å². The van der Waals surface area contributed by atoms with Gasteiger partial charge in [-0.05, 0) is 26.2 Å². The van der Waals surface area contributed by atoms with Gasteiger partial charge in [0.1, 0.15) is 6.54 Å². The monoisotopic (exact) mass is 411 g/mol. The van der Waals surface area contributed by atoms with Crippen LogP contribution in [0.2, 0.25) is 0 Å². The number of aryl methyl sites for hydroxylation is 1. The molecule has 2 rings (SSSR count). The van der Waals surface area contributed by atoms with Gasteiger partial charge in [0.15, 0.2) is 11.7 Å². The standard InChI is InChI=1S/C15H24F3N5O3S/c1-3-11-9-13(26-22-11)10-20-14(19-4-2)21-12-5-7-23(8-6-12)27(24,25)15(16,17)18/h9,12H,3-8,10H2,1-2H3,(H2,19,20,21). The molecule has 0 unspecified atom stereocenters. The van der Waals surface area contributed by atoms with E-state index < -0.39 is 15.5 Å². The van der Waals surface area contributed by atoms with Crippen molar-refractivity contribution in [2.75, 3.05) is 19.6 Å². The number of hydrogen-bond acceptors (Lipinski definition) is 5. The van der Waals surface area contributed by atoms with Gasteiger partial charge in [-0.25, -0.2) is 13.4 Å². The van der Waals surface area contributed by atoms with E-state index in [4.69, 9.17) is 4.52 Å². The molecule has 0 amide bonds. The second-order valence-corrected chi connectivity index (χ2v) is 8.03. The Kier molecular flexibility index (Phi) is 7.09. The molecule has 1 aromatic heterocycles. The summed E-state index contributed by atoms with van der Waals surface area (Å²) in [6.07, 6.45) is 1.26. The van der Waals surface area contributed by atoms with Crippen molar-refractivity contribution in [2.45, 2.75) is 51.2 Å². The van der Waals surface area contributed by atoms with Crippen molar-refractivity contribution in [1.82, 2.24) is 20.1 Å². The highest BCUT2D eigenvalue weighted by atomic mass is 32.2. The third kappa shape index (κ3) is 5.58. The Morgan fingerprint density at radius 2 is 2.04 bits per heavy atom. The van der Waals surface area contributed by atoms with Crippen LogP contribution in [-0.2, 0) is 23.0 Å².